The molecule has 0 amide bonds. The second-order valence-corrected chi connectivity index (χ2v) is 10.1. The topological polar surface area (TPSA) is 55.4 Å². The molecule has 6 rings (SSSR count). The number of hydrogen-bond acceptors (Lipinski definition) is 4. The summed E-state index contributed by atoms with van der Waals surface area (Å²) in [7, 11) is 0. The average Bonchev–Trinajstić information content (AvgIpc) is 2.89. The van der Waals surface area contributed by atoms with E-state index in [0.717, 1.165) is 48.3 Å². The fraction of sp³-hybridized carbons (Fsp3) is 0.333. The Morgan fingerprint density at radius 2 is 1.54 bits per heavy atom. The van der Waals surface area contributed by atoms with Crippen molar-refractivity contribution in [3.05, 3.63) is 102 Å². The minimum Gasteiger partial charge on any atom is -0.454 e. The smallest absolute Gasteiger partial charge is 0.333 e. The van der Waals surface area contributed by atoms with Crippen LogP contribution in [0.2, 0.25) is 0 Å². The fourth-order valence-corrected chi connectivity index (χ4v) is 5.55. The number of Topliss-reactive ketones (excluding diaryl/α,β-unsaturated/α-hetero) is 1. The second-order valence-electron chi connectivity index (χ2n) is 10.1. The summed E-state index contributed by atoms with van der Waals surface area (Å²) in [6, 6.07) is 26.7. The number of hydrogen-bond donors (Lipinski definition) is 1. The molecule has 3 aromatic carbocycles. The first kappa shape index (κ1) is 23.3. The molecule has 0 saturated carbocycles. The van der Waals surface area contributed by atoms with Crippen molar-refractivity contribution in [1.82, 2.24) is 0 Å². The molecule has 2 atom stereocenters. The molecule has 3 heterocycles. The first-order valence-corrected chi connectivity index (χ1v) is 12.5. The molecule has 0 radical (unpaired) electrons. The zero-order valence-corrected chi connectivity index (χ0v) is 20.2. The molecule has 0 aliphatic carbocycles. The van der Waals surface area contributed by atoms with E-state index in [0.29, 0.717) is 23.5 Å². The third-order valence-electron chi connectivity index (χ3n) is 7.61. The molecule has 0 aromatic heterocycles. The van der Waals surface area contributed by atoms with Crippen LogP contribution in [-0.4, -0.2) is 48.5 Å². The zero-order chi connectivity index (χ0) is 24.3. The summed E-state index contributed by atoms with van der Waals surface area (Å²) in [4.78, 5) is 26.6. The van der Waals surface area contributed by atoms with Gasteiger partial charge in [-0.2, -0.15) is 0 Å². The number of benzene rings is 3. The molecular weight excluding hydrogens is 436 g/mol. The molecule has 3 saturated heterocycles. The third-order valence-corrected chi connectivity index (χ3v) is 7.61. The van der Waals surface area contributed by atoms with Crippen LogP contribution < -0.4 is 5.32 Å². The quantitative estimate of drug-likeness (QED) is 0.280. The Bertz CT molecular complexity index is 1150. The molecule has 5 nitrogen and oxygen atoms in total. The monoisotopic (exact) mass is 469 g/mol. The number of ketones is 1. The Hall–Kier alpha value is -3.44. The number of esters is 1. The molecule has 2 bridgehead atoms. The number of piperidine rings is 3. The third kappa shape index (κ3) is 5.30. The maximum atomic E-state index is 13.5. The fourth-order valence-electron chi connectivity index (χ4n) is 5.55. The molecular formula is C30H33N2O3+. The molecule has 3 aliphatic heterocycles. The first-order chi connectivity index (χ1) is 17.0. The van der Waals surface area contributed by atoms with Crippen LogP contribution in [-0.2, 0) is 9.53 Å². The molecule has 35 heavy (non-hydrogen) atoms. The highest BCUT2D eigenvalue weighted by Gasteiger charge is 2.49. The number of anilines is 1. The summed E-state index contributed by atoms with van der Waals surface area (Å²) in [6.45, 7) is 5.15. The SMILES string of the molecule is Cc1ccc(C(=O)C[N+]23CCC(CC2)[C@@H](OC(=O)[C@H](Nc2ccccc2)c2ccccc2)C3)cc1. The number of nitrogens with zero attached hydrogens (tertiary/aromatic N) is 1. The molecule has 5 heteroatoms. The van der Waals surface area contributed by atoms with Crippen LogP contribution in [0.15, 0.2) is 84.9 Å². The molecule has 3 aromatic rings. The van der Waals surface area contributed by atoms with E-state index in [1.54, 1.807) is 0 Å². The number of ether oxygens (including phenoxy) is 1. The number of quaternary nitrogens is 1. The minimum atomic E-state index is -0.586. The van der Waals surface area contributed by atoms with Gasteiger partial charge in [0.05, 0.1) is 13.1 Å². The van der Waals surface area contributed by atoms with Crippen LogP contribution >= 0.6 is 0 Å². The number of fused-ring (bicyclic) bond motifs is 3. The van der Waals surface area contributed by atoms with E-state index in [-0.39, 0.29) is 17.9 Å². The van der Waals surface area contributed by atoms with Crippen molar-refractivity contribution < 1.29 is 18.8 Å². The van der Waals surface area contributed by atoms with Crippen molar-refractivity contribution in [2.75, 3.05) is 31.5 Å². The van der Waals surface area contributed by atoms with E-state index in [1.807, 2.05) is 91.9 Å². The highest BCUT2D eigenvalue weighted by molar-refractivity contribution is 5.97. The summed E-state index contributed by atoms with van der Waals surface area (Å²) < 4.78 is 6.93. The molecule has 3 fully saturated rings. The van der Waals surface area contributed by atoms with Gasteiger partial charge in [0.2, 0.25) is 5.78 Å². The number of carbonyl (C=O) groups is 2. The van der Waals surface area contributed by atoms with Crippen molar-refractivity contribution in [3.63, 3.8) is 0 Å². The van der Waals surface area contributed by atoms with Gasteiger partial charge in [0.1, 0.15) is 13.1 Å². The highest BCUT2D eigenvalue weighted by atomic mass is 16.5. The zero-order valence-electron chi connectivity index (χ0n) is 20.2. The Labute approximate surface area is 207 Å². The lowest BCUT2D eigenvalue weighted by Gasteiger charge is -2.51. The molecule has 1 N–H and O–H groups in total. The van der Waals surface area contributed by atoms with Crippen LogP contribution in [0.25, 0.3) is 0 Å². The number of para-hydroxylation sites is 1. The second kappa shape index (κ2) is 10.0. The Morgan fingerprint density at radius 3 is 2.20 bits per heavy atom. The van der Waals surface area contributed by atoms with Gasteiger partial charge in [-0.3, -0.25) is 4.79 Å². The van der Waals surface area contributed by atoms with Crippen LogP contribution in [0.4, 0.5) is 5.69 Å². The summed E-state index contributed by atoms with van der Waals surface area (Å²) >= 11 is 0. The van der Waals surface area contributed by atoms with Crippen molar-refractivity contribution >= 4 is 17.4 Å². The summed E-state index contributed by atoms with van der Waals surface area (Å²) in [5.74, 6) is 0.270. The number of carbonyl (C=O) groups excluding carboxylic acids is 2. The van der Waals surface area contributed by atoms with Gasteiger partial charge in [-0.05, 0) is 24.6 Å². The summed E-state index contributed by atoms with van der Waals surface area (Å²) in [6.07, 6.45) is 1.81. The van der Waals surface area contributed by atoms with E-state index in [2.05, 4.69) is 5.32 Å². The van der Waals surface area contributed by atoms with Gasteiger partial charge in [-0.1, -0.05) is 78.4 Å². The van der Waals surface area contributed by atoms with Crippen LogP contribution in [0.5, 0.6) is 0 Å². The van der Waals surface area contributed by atoms with Crippen molar-refractivity contribution in [2.45, 2.75) is 31.9 Å². The van der Waals surface area contributed by atoms with Gasteiger partial charge in [0.25, 0.3) is 0 Å². The average molecular weight is 470 g/mol. The Balaban J connectivity index is 1.30. The van der Waals surface area contributed by atoms with E-state index in [1.165, 1.54) is 0 Å². The number of rotatable bonds is 8. The van der Waals surface area contributed by atoms with E-state index in [9.17, 15) is 9.59 Å². The predicted octanol–water partition coefficient (Wildman–Crippen LogP) is 5.18. The number of aryl methyl sites for hydroxylation is 1. The normalized spacial score (nSPS) is 23.9. The van der Waals surface area contributed by atoms with Crippen molar-refractivity contribution in [2.24, 2.45) is 5.92 Å². The lowest BCUT2D eigenvalue weighted by molar-refractivity contribution is -0.938. The van der Waals surface area contributed by atoms with E-state index < -0.39 is 6.04 Å². The lowest BCUT2D eigenvalue weighted by atomic mass is 9.82. The number of nitrogens with one attached hydrogen (secondary N) is 1. The van der Waals surface area contributed by atoms with Gasteiger partial charge in [0.15, 0.2) is 12.1 Å². The minimum absolute atomic E-state index is 0.167. The van der Waals surface area contributed by atoms with Crippen molar-refractivity contribution in [3.8, 4) is 0 Å². The maximum Gasteiger partial charge on any atom is 0.333 e. The largest absolute Gasteiger partial charge is 0.454 e. The Morgan fingerprint density at radius 1 is 0.914 bits per heavy atom. The summed E-state index contributed by atoms with van der Waals surface area (Å²) in [5, 5.41) is 3.36. The molecule has 3 aliphatic rings. The lowest BCUT2D eigenvalue weighted by Crippen LogP contribution is -2.65. The Kier molecular flexibility index (Phi) is 6.69. The van der Waals surface area contributed by atoms with Gasteiger partial charge < -0.3 is 14.5 Å². The molecule has 0 spiro atoms. The molecule has 0 unspecified atom stereocenters. The van der Waals surface area contributed by atoms with Gasteiger partial charge in [0, 0.05) is 30.0 Å². The van der Waals surface area contributed by atoms with Gasteiger partial charge in [-0.15, -0.1) is 0 Å². The first-order valence-electron chi connectivity index (χ1n) is 12.5. The van der Waals surface area contributed by atoms with Crippen molar-refractivity contribution in [1.29, 1.82) is 0 Å². The standard InChI is InChI=1S/C30H33N2O3/c1-22-12-14-23(15-13-22)27(33)20-32-18-16-24(17-19-32)28(21-32)35-30(34)29(25-8-4-2-5-9-25)31-26-10-6-3-7-11-26/h2-15,24,28-29,31H,16-21H2,1H3/q+1/t24?,28-,29+,32?/m0/s1. The van der Waals surface area contributed by atoms with Crippen LogP contribution in [0.1, 0.15) is 40.4 Å². The van der Waals surface area contributed by atoms with Gasteiger partial charge in [-0.25, -0.2) is 4.79 Å². The highest BCUT2D eigenvalue weighted by Crippen LogP contribution is 2.36. The van der Waals surface area contributed by atoms with E-state index >= 15 is 0 Å². The maximum absolute atomic E-state index is 13.5. The summed E-state index contributed by atoms with van der Waals surface area (Å²) in [5.41, 5.74) is 3.66. The van der Waals surface area contributed by atoms with E-state index in [4.69, 9.17) is 4.74 Å². The van der Waals surface area contributed by atoms with Gasteiger partial charge >= 0.3 is 5.97 Å². The predicted molar refractivity (Wildman–Crippen MR) is 137 cm³/mol. The molecule has 180 valence electrons. The van der Waals surface area contributed by atoms with Crippen LogP contribution in [0.3, 0.4) is 0 Å². The van der Waals surface area contributed by atoms with Crippen LogP contribution in [0, 0.1) is 12.8 Å².